The number of rotatable bonds is 4. The molecule has 0 amide bonds. The minimum absolute atomic E-state index is 0.183. The van der Waals surface area contributed by atoms with E-state index in [0.717, 1.165) is 6.42 Å². The number of hydrogen-bond acceptors (Lipinski definition) is 1. The molecule has 20 heavy (non-hydrogen) atoms. The fourth-order valence-electron chi connectivity index (χ4n) is 2.31. The molecule has 0 aliphatic carbocycles. The van der Waals surface area contributed by atoms with E-state index in [1.807, 2.05) is 24.1 Å². The highest BCUT2D eigenvalue weighted by molar-refractivity contribution is 5.78. The van der Waals surface area contributed by atoms with Crippen molar-refractivity contribution in [2.75, 3.05) is 14.1 Å². The van der Waals surface area contributed by atoms with Gasteiger partial charge in [0.05, 0.1) is 6.04 Å². The van der Waals surface area contributed by atoms with Crippen molar-refractivity contribution in [1.29, 1.82) is 0 Å². The second-order valence-corrected chi connectivity index (χ2v) is 4.81. The molecule has 0 aliphatic heterocycles. The maximum Gasteiger partial charge on any atom is 0.191 e. The van der Waals surface area contributed by atoms with Gasteiger partial charge in [0.25, 0.3) is 0 Å². The van der Waals surface area contributed by atoms with E-state index in [1.54, 1.807) is 7.05 Å². The van der Waals surface area contributed by atoms with E-state index in [1.165, 1.54) is 11.1 Å². The van der Waals surface area contributed by atoms with Gasteiger partial charge in [-0.05, 0) is 17.5 Å². The van der Waals surface area contributed by atoms with Crippen LogP contribution in [0.25, 0.3) is 0 Å². The van der Waals surface area contributed by atoms with E-state index in [4.69, 9.17) is 5.73 Å². The maximum absolute atomic E-state index is 5.98. The Morgan fingerprint density at radius 3 is 2.15 bits per heavy atom. The van der Waals surface area contributed by atoms with Crippen LogP contribution in [0.4, 0.5) is 0 Å². The Morgan fingerprint density at radius 1 is 1.05 bits per heavy atom. The Hall–Kier alpha value is -2.29. The third-order valence-electron chi connectivity index (χ3n) is 3.51. The molecule has 1 atom stereocenters. The first-order valence-electron chi connectivity index (χ1n) is 6.76. The van der Waals surface area contributed by atoms with Crippen LogP contribution < -0.4 is 5.73 Å². The molecular formula is C17H21N3. The lowest BCUT2D eigenvalue weighted by Gasteiger charge is -2.29. The van der Waals surface area contributed by atoms with Gasteiger partial charge >= 0.3 is 0 Å². The van der Waals surface area contributed by atoms with Crippen LogP contribution in [0.15, 0.2) is 65.7 Å². The van der Waals surface area contributed by atoms with Gasteiger partial charge in [0.15, 0.2) is 5.96 Å². The van der Waals surface area contributed by atoms with Crippen molar-refractivity contribution in [2.45, 2.75) is 12.5 Å². The van der Waals surface area contributed by atoms with E-state index >= 15 is 0 Å². The Balaban J connectivity index is 2.30. The number of likely N-dealkylation sites (N-methyl/N-ethyl adjacent to an activating group) is 1. The second-order valence-electron chi connectivity index (χ2n) is 4.81. The standard InChI is InChI=1S/C17H21N3/c1-19-17(18)20(2)16(15-11-7-4-8-12-15)13-14-9-5-3-6-10-14/h3-12,16H,13H2,1-2H3,(H2,18,19). The van der Waals surface area contributed by atoms with Crippen molar-refractivity contribution in [3.63, 3.8) is 0 Å². The summed E-state index contributed by atoms with van der Waals surface area (Å²) in [5.74, 6) is 0.551. The molecule has 0 aliphatic rings. The number of benzene rings is 2. The molecule has 0 bridgehead atoms. The van der Waals surface area contributed by atoms with E-state index in [0.29, 0.717) is 5.96 Å². The molecule has 3 nitrogen and oxygen atoms in total. The fraction of sp³-hybridized carbons (Fsp3) is 0.235. The first-order chi connectivity index (χ1) is 9.72. The quantitative estimate of drug-likeness (QED) is 0.683. The van der Waals surface area contributed by atoms with Gasteiger partial charge < -0.3 is 10.6 Å². The molecule has 2 aromatic carbocycles. The van der Waals surface area contributed by atoms with Crippen LogP contribution in [0, 0.1) is 0 Å². The molecule has 104 valence electrons. The van der Waals surface area contributed by atoms with Crippen molar-refractivity contribution in [2.24, 2.45) is 10.7 Å². The van der Waals surface area contributed by atoms with Crippen LogP contribution in [0.3, 0.4) is 0 Å². The lowest BCUT2D eigenvalue weighted by Crippen LogP contribution is -2.37. The molecule has 2 N–H and O–H groups in total. The zero-order valence-electron chi connectivity index (χ0n) is 12.0. The second kappa shape index (κ2) is 6.75. The molecule has 2 rings (SSSR count). The van der Waals surface area contributed by atoms with E-state index < -0.39 is 0 Å². The molecule has 0 saturated carbocycles. The number of hydrogen-bond donors (Lipinski definition) is 1. The summed E-state index contributed by atoms with van der Waals surface area (Å²) in [5, 5.41) is 0. The van der Waals surface area contributed by atoms with Crippen LogP contribution in [0.1, 0.15) is 17.2 Å². The molecule has 0 saturated heterocycles. The highest BCUT2D eigenvalue weighted by Crippen LogP contribution is 2.23. The highest BCUT2D eigenvalue weighted by Gasteiger charge is 2.18. The summed E-state index contributed by atoms with van der Waals surface area (Å²) in [6, 6.07) is 21.0. The fourth-order valence-corrected chi connectivity index (χ4v) is 2.31. The zero-order chi connectivity index (χ0) is 14.4. The summed E-state index contributed by atoms with van der Waals surface area (Å²) in [6.07, 6.45) is 0.900. The SMILES string of the molecule is CN=C(N)N(C)C(Cc1ccccc1)c1ccccc1. The largest absolute Gasteiger partial charge is 0.370 e. The third kappa shape index (κ3) is 3.38. The minimum Gasteiger partial charge on any atom is -0.370 e. The lowest BCUT2D eigenvalue weighted by atomic mass is 9.98. The van der Waals surface area contributed by atoms with Crippen LogP contribution in [0.5, 0.6) is 0 Å². The molecule has 0 fully saturated rings. The molecule has 0 aromatic heterocycles. The summed E-state index contributed by atoms with van der Waals surface area (Å²) >= 11 is 0. The summed E-state index contributed by atoms with van der Waals surface area (Å²) in [4.78, 5) is 6.13. The van der Waals surface area contributed by atoms with Crippen molar-refractivity contribution >= 4 is 5.96 Å². The number of nitrogens with two attached hydrogens (primary N) is 1. The number of nitrogens with zero attached hydrogens (tertiary/aromatic N) is 2. The Bertz CT molecular complexity index is 549. The summed E-state index contributed by atoms with van der Waals surface area (Å²) in [5.41, 5.74) is 8.51. The average Bonchev–Trinajstić information content (AvgIpc) is 2.53. The predicted octanol–water partition coefficient (Wildman–Crippen LogP) is 2.85. The van der Waals surface area contributed by atoms with Crippen LogP contribution >= 0.6 is 0 Å². The molecule has 0 radical (unpaired) electrons. The summed E-state index contributed by atoms with van der Waals surface area (Å²) < 4.78 is 0. The minimum atomic E-state index is 0.183. The van der Waals surface area contributed by atoms with Gasteiger partial charge in [-0.25, -0.2) is 0 Å². The van der Waals surface area contributed by atoms with E-state index in [9.17, 15) is 0 Å². The molecule has 2 aromatic rings. The van der Waals surface area contributed by atoms with Crippen molar-refractivity contribution < 1.29 is 0 Å². The smallest absolute Gasteiger partial charge is 0.191 e. The molecule has 1 unspecified atom stereocenters. The van der Waals surface area contributed by atoms with Crippen LogP contribution in [-0.4, -0.2) is 25.0 Å². The van der Waals surface area contributed by atoms with Crippen molar-refractivity contribution in [3.8, 4) is 0 Å². The zero-order valence-corrected chi connectivity index (χ0v) is 12.0. The monoisotopic (exact) mass is 267 g/mol. The molecule has 0 heterocycles. The summed E-state index contributed by atoms with van der Waals surface area (Å²) in [6.45, 7) is 0. The maximum atomic E-state index is 5.98. The predicted molar refractivity (Wildman–Crippen MR) is 84.6 cm³/mol. The average molecular weight is 267 g/mol. The topological polar surface area (TPSA) is 41.6 Å². The molecular weight excluding hydrogens is 246 g/mol. The normalized spacial score (nSPS) is 13.0. The first kappa shape index (κ1) is 14.1. The van der Waals surface area contributed by atoms with Gasteiger partial charge in [-0.1, -0.05) is 60.7 Å². The summed E-state index contributed by atoms with van der Waals surface area (Å²) in [7, 11) is 3.71. The van der Waals surface area contributed by atoms with Gasteiger partial charge in [-0.3, -0.25) is 4.99 Å². The Morgan fingerprint density at radius 2 is 1.60 bits per heavy atom. The van der Waals surface area contributed by atoms with Gasteiger partial charge in [0.1, 0.15) is 0 Å². The van der Waals surface area contributed by atoms with Crippen LogP contribution in [0.2, 0.25) is 0 Å². The van der Waals surface area contributed by atoms with Gasteiger partial charge in [0.2, 0.25) is 0 Å². The van der Waals surface area contributed by atoms with Gasteiger partial charge in [-0.2, -0.15) is 0 Å². The Kier molecular flexibility index (Phi) is 4.77. The third-order valence-corrected chi connectivity index (χ3v) is 3.51. The first-order valence-corrected chi connectivity index (χ1v) is 6.76. The van der Waals surface area contributed by atoms with E-state index in [-0.39, 0.29) is 6.04 Å². The van der Waals surface area contributed by atoms with Crippen molar-refractivity contribution in [3.05, 3.63) is 71.8 Å². The molecule has 0 spiro atoms. The number of guanidine groups is 1. The van der Waals surface area contributed by atoms with Crippen molar-refractivity contribution in [1.82, 2.24) is 4.90 Å². The van der Waals surface area contributed by atoms with Gasteiger partial charge in [0, 0.05) is 14.1 Å². The molecule has 3 heteroatoms. The Labute approximate surface area is 120 Å². The lowest BCUT2D eigenvalue weighted by molar-refractivity contribution is 0.368. The van der Waals surface area contributed by atoms with Crippen LogP contribution in [-0.2, 0) is 6.42 Å². The highest BCUT2D eigenvalue weighted by atomic mass is 15.2. The van der Waals surface area contributed by atoms with E-state index in [2.05, 4.69) is 53.5 Å². The van der Waals surface area contributed by atoms with Gasteiger partial charge in [-0.15, -0.1) is 0 Å². The number of aliphatic imine (C=N–C) groups is 1.